The summed E-state index contributed by atoms with van der Waals surface area (Å²) < 4.78 is 11.4. The molecule has 4 nitrogen and oxygen atoms in total. The predicted molar refractivity (Wildman–Crippen MR) is 75.7 cm³/mol. The van der Waals surface area contributed by atoms with Crippen LogP contribution in [0.15, 0.2) is 18.3 Å². The standard InChI is InChI=1S/C16H23NO3/c1-2-20-16(7-10-19-11-8-16)15(18)13-6-5-12-4-3-9-17-14(12)13/h3-4,9,13,15,18H,2,5-8,10-11H2,1H3. The van der Waals surface area contributed by atoms with Crippen LogP contribution in [0.25, 0.3) is 0 Å². The van der Waals surface area contributed by atoms with Gasteiger partial charge in [0.1, 0.15) is 0 Å². The van der Waals surface area contributed by atoms with E-state index < -0.39 is 11.7 Å². The van der Waals surface area contributed by atoms with Crippen molar-refractivity contribution < 1.29 is 14.6 Å². The summed E-state index contributed by atoms with van der Waals surface area (Å²) in [5, 5.41) is 11.0. The van der Waals surface area contributed by atoms with E-state index in [9.17, 15) is 5.11 Å². The van der Waals surface area contributed by atoms with Crippen LogP contribution in [0, 0.1) is 0 Å². The Morgan fingerprint density at radius 1 is 1.50 bits per heavy atom. The Balaban J connectivity index is 1.85. The lowest BCUT2D eigenvalue weighted by molar-refractivity contribution is -0.172. The normalized spacial score (nSPS) is 26.2. The van der Waals surface area contributed by atoms with Crippen molar-refractivity contribution in [1.29, 1.82) is 0 Å². The molecule has 1 aromatic heterocycles. The summed E-state index contributed by atoms with van der Waals surface area (Å²) in [7, 11) is 0. The molecule has 110 valence electrons. The molecule has 1 saturated heterocycles. The van der Waals surface area contributed by atoms with E-state index in [0.717, 1.165) is 31.4 Å². The van der Waals surface area contributed by atoms with E-state index in [1.54, 1.807) is 0 Å². The van der Waals surface area contributed by atoms with Gasteiger partial charge >= 0.3 is 0 Å². The summed E-state index contributed by atoms with van der Waals surface area (Å²) in [5.74, 6) is 0.0934. The molecule has 0 amide bonds. The largest absolute Gasteiger partial charge is 0.389 e. The minimum atomic E-state index is -0.498. The van der Waals surface area contributed by atoms with Gasteiger partial charge in [-0.2, -0.15) is 0 Å². The summed E-state index contributed by atoms with van der Waals surface area (Å²) in [6.45, 7) is 3.95. The zero-order valence-electron chi connectivity index (χ0n) is 12.0. The molecule has 0 aromatic carbocycles. The van der Waals surface area contributed by atoms with Gasteiger partial charge in [0.05, 0.1) is 11.7 Å². The van der Waals surface area contributed by atoms with E-state index in [0.29, 0.717) is 19.8 Å². The molecular formula is C16H23NO3. The zero-order chi connectivity index (χ0) is 14.0. The molecule has 0 bridgehead atoms. The van der Waals surface area contributed by atoms with E-state index in [1.807, 2.05) is 19.2 Å². The van der Waals surface area contributed by atoms with Gasteiger partial charge in [0.2, 0.25) is 0 Å². The van der Waals surface area contributed by atoms with Crippen LogP contribution >= 0.6 is 0 Å². The van der Waals surface area contributed by atoms with Crippen molar-refractivity contribution in [1.82, 2.24) is 4.98 Å². The molecule has 3 rings (SSSR count). The van der Waals surface area contributed by atoms with Crippen molar-refractivity contribution in [2.75, 3.05) is 19.8 Å². The number of hydrogen-bond donors (Lipinski definition) is 1. The molecule has 0 saturated carbocycles. The van der Waals surface area contributed by atoms with E-state index in [1.165, 1.54) is 5.56 Å². The van der Waals surface area contributed by atoms with Crippen LogP contribution in [-0.4, -0.2) is 41.6 Å². The van der Waals surface area contributed by atoms with Gasteiger partial charge < -0.3 is 14.6 Å². The first kappa shape index (κ1) is 14.0. The Morgan fingerprint density at radius 3 is 3.05 bits per heavy atom. The number of aliphatic hydroxyl groups is 1. The number of ether oxygens (including phenoxy) is 2. The Morgan fingerprint density at radius 2 is 2.30 bits per heavy atom. The number of nitrogens with zero attached hydrogens (tertiary/aromatic N) is 1. The number of aromatic nitrogens is 1. The molecule has 4 heteroatoms. The summed E-state index contributed by atoms with van der Waals surface area (Å²) in [5.41, 5.74) is 1.87. The maximum Gasteiger partial charge on any atom is 0.0990 e. The second-order valence-corrected chi connectivity index (χ2v) is 5.75. The predicted octanol–water partition coefficient (Wildman–Crippen LogP) is 2.06. The van der Waals surface area contributed by atoms with Crippen molar-refractivity contribution in [3.8, 4) is 0 Å². The third-order valence-electron chi connectivity index (χ3n) is 4.69. The third kappa shape index (κ3) is 2.36. The first-order chi connectivity index (χ1) is 9.77. The van der Waals surface area contributed by atoms with Crippen molar-refractivity contribution in [2.45, 2.75) is 50.2 Å². The van der Waals surface area contributed by atoms with E-state index in [-0.39, 0.29) is 5.92 Å². The molecule has 2 aliphatic rings. The maximum atomic E-state index is 11.0. The fourth-order valence-electron chi connectivity index (χ4n) is 3.65. The first-order valence-electron chi connectivity index (χ1n) is 7.60. The molecule has 1 N–H and O–H groups in total. The van der Waals surface area contributed by atoms with Crippen LogP contribution < -0.4 is 0 Å². The topological polar surface area (TPSA) is 51.6 Å². The Labute approximate surface area is 120 Å². The highest BCUT2D eigenvalue weighted by Gasteiger charge is 2.46. The van der Waals surface area contributed by atoms with Crippen molar-refractivity contribution >= 4 is 0 Å². The number of aryl methyl sites for hydroxylation is 1. The Bertz CT molecular complexity index is 451. The highest BCUT2D eigenvalue weighted by atomic mass is 16.5. The molecule has 2 heterocycles. The fourth-order valence-corrected chi connectivity index (χ4v) is 3.65. The van der Waals surface area contributed by atoms with Crippen molar-refractivity contribution in [2.24, 2.45) is 0 Å². The number of rotatable bonds is 4. The molecule has 1 aliphatic heterocycles. The van der Waals surface area contributed by atoms with Crippen LogP contribution in [0.5, 0.6) is 0 Å². The number of fused-ring (bicyclic) bond motifs is 1. The first-order valence-corrected chi connectivity index (χ1v) is 7.60. The lowest BCUT2D eigenvalue weighted by Gasteiger charge is -2.42. The minimum absolute atomic E-state index is 0.0934. The van der Waals surface area contributed by atoms with E-state index >= 15 is 0 Å². The monoisotopic (exact) mass is 277 g/mol. The molecule has 0 spiro atoms. The summed E-state index contributed by atoms with van der Waals surface area (Å²) in [6.07, 6.45) is 4.82. The van der Waals surface area contributed by atoms with Crippen LogP contribution in [0.4, 0.5) is 0 Å². The molecular weight excluding hydrogens is 254 g/mol. The van der Waals surface area contributed by atoms with Crippen molar-refractivity contribution in [3.05, 3.63) is 29.6 Å². The number of hydrogen-bond acceptors (Lipinski definition) is 4. The SMILES string of the molecule is CCOC1(C(O)C2CCc3cccnc32)CCOCC1. The van der Waals surface area contributed by atoms with Gasteiger partial charge in [0, 0.05) is 50.5 Å². The molecule has 1 aromatic rings. The third-order valence-corrected chi connectivity index (χ3v) is 4.69. The Kier molecular flexibility index (Phi) is 4.06. The van der Waals surface area contributed by atoms with Gasteiger partial charge in [0.25, 0.3) is 0 Å². The van der Waals surface area contributed by atoms with Crippen molar-refractivity contribution in [3.63, 3.8) is 0 Å². The smallest absolute Gasteiger partial charge is 0.0990 e. The summed E-state index contributed by atoms with van der Waals surface area (Å²) >= 11 is 0. The lowest BCUT2D eigenvalue weighted by atomic mass is 9.80. The molecule has 2 atom stereocenters. The second kappa shape index (κ2) is 5.80. The van der Waals surface area contributed by atoms with Crippen LogP contribution in [0.3, 0.4) is 0 Å². The van der Waals surface area contributed by atoms with Gasteiger partial charge in [-0.1, -0.05) is 6.07 Å². The molecule has 1 aliphatic carbocycles. The lowest BCUT2D eigenvalue weighted by Crippen LogP contribution is -2.51. The minimum Gasteiger partial charge on any atom is -0.389 e. The van der Waals surface area contributed by atoms with Crippen LogP contribution in [0.2, 0.25) is 0 Å². The van der Waals surface area contributed by atoms with E-state index in [4.69, 9.17) is 9.47 Å². The summed E-state index contributed by atoms with van der Waals surface area (Å²) in [4.78, 5) is 4.50. The van der Waals surface area contributed by atoms with Crippen LogP contribution in [-0.2, 0) is 15.9 Å². The quantitative estimate of drug-likeness (QED) is 0.915. The van der Waals surface area contributed by atoms with Gasteiger partial charge in [0.15, 0.2) is 0 Å². The molecule has 20 heavy (non-hydrogen) atoms. The number of pyridine rings is 1. The van der Waals surface area contributed by atoms with Gasteiger partial charge in [-0.3, -0.25) is 4.98 Å². The van der Waals surface area contributed by atoms with Gasteiger partial charge in [-0.15, -0.1) is 0 Å². The van der Waals surface area contributed by atoms with Crippen LogP contribution in [0.1, 0.15) is 43.4 Å². The van der Waals surface area contributed by atoms with Gasteiger partial charge in [-0.25, -0.2) is 0 Å². The van der Waals surface area contributed by atoms with Gasteiger partial charge in [-0.05, 0) is 31.4 Å². The average Bonchev–Trinajstić information content (AvgIpc) is 2.91. The highest BCUT2D eigenvalue weighted by molar-refractivity contribution is 5.30. The fraction of sp³-hybridized carbons (Fsp3) is 0.688. The maximum absolute atomic E-state index is 11.0. The summed E-state index contributed by atoms with van der Waals surface area (Å²) in [6, 6.07) is 4.09. The molecule has 1 fully saturated rings. The average molecular weight is 277 g/mol. The molecule has 2 unspecified atom stereocenters. The van der Waals surface area contributed by atoms with E-state index in [2.05, 4.69) is 11.1 Å². The molecule has 0 radical (unpaired) electrons. The Hall–Kier alpha value is -0.970. The second-order valence-electron chi connectivity index (χ2n) is 5.75. The number of aliphatic hydroxyl groups excluding tert-OH is 1. The zero-order valence-corrected chi connectivity index (χ0v) is 12.0. The highest BCUT2D eigenvalue weighted by Crippen LogP contribution is 2.41.